The maximum absolute atomic E-state index is 12.8. The summed E-state index contributed by atoms with van der Waals surface area (Å²) in [6.45, 7) is 2.64. The normalized spacial score (nSPS) is 13.6. The molecular weight excluding hydrogens is 374 g/mol. The van der Waals surface area contributed by atoms with E-state index in [2.05, 4.69) is 4.99 Å². The van der Waals surface area contributed by atoms with Crippen molar-refractivity contribution in [2.24, 2.45) is 4.99 Å². The van der Waals surface area contributed by atoms with Gasteiger partial charge in [0.25, 0.3) is 11.6 Å². The van der Waals surface area contributed by atoms with E-state index in [0.29, 0.717) is 40.2 Å². The number of nitro groups is 1. The van der Waals surface area contributed by atoms with Gasteiger partial charge >= 0.3 is 0 Å². The molecule has 0 spiro atoms. The third-order valence-corrected chi connectivity index (χ3v) is 5.28. The van der Waals surface area contributed by atoms with Crippen LogP contribution < -0.4 is 0 Å². The van der Waals surface area contributed by atoms with Crippen molar-refractivity contribution < 1.29 is 9.72 Å². The van der Waals surface area contributed by atoms with Crippen LogP contribution in [0.15, 0.2) is 47.5 Å². The number of amides is 1. The van der Waals surface area contributed by atoms with Crippen LogP contribution in [-0.2, 0) is 5.75 Å². The molecule has 1 amide bonds. The van der Waals surface area contributed by atoms with E-state index in [-0.39, 0.29) is 11.6 Å². The third-order valence-electron chi connectivity index (χ3n) is 3.96. The fourth-order valence-electron chi connectivity index (χ4n) is 2.61. The molecule has 0 radical (unpaired) electrons. The zero-order chi connectivity index (χ0) is 18.7. The maximum Gasteiger partial charge on any atom is 0.273 e. The first-order chi connectivity index (χ1) is 12.5. The van der Waals surface area contributed by atoms with Gasteiger partial charge in [-0.25, -0.2) is 0 Å². The molecule has 0 fully saturated rings. The maximum atomic E-state index is 12.8. The number of aryl methyl sites for hydroxylation is 1. The van der Waals surface area contributed by atoms with Crippen LogP contribution in [0.2, 0.25) is 5.02 Å². The highest BCUT2D eigenvalue weighted by Gasteiger charge is 2.26. The van der Waals surface area contributed by atoms with E-state index in [4.69, 9.17) is 11.6 Å². The van der Waals surface area contributed by atoms with Gasteiger partial charge in [-0.15, -0.1) is 0 Å². The molecule has 1 heterocycles. The minimum Gasteiger partial charge on any atom is -0.286 e. The molecule has 2 aromatic rings. The van der Waals surface area contributed by atoms with Crippen LogP contribution in [-0.4, -0.2) is 34.0 Å². The quantitative estimate of drug-likeness (QED) is 0.577. The zero-order valence-corrected chi connectivity index (χ0v) is 15.6. The predicted molar refractivity (Wildman–Crippen MR) is 104 cm³/mol. The van der Waals surface area contributed by atoms with Crippen LogP contribution in [0.4, 0.5) is 5.69 Å². The Morgan fingerprint density at radius 3 is 2.88 bits per heavy atom. The van der Waals surface area contributed by atoms with E-state index >= 15 is 0 Å². The number of rotatable bonds is 4. The van der Waals surface area contributed by atoms with Crippen LogP contribution in [0.25, 0.3) is 0 Å². The number of thioether (sulfide) groups is 1. The van der Waals surface area contributed by atoms with Crippen LogP contribution in [0.3, 0.4) is 0 Å². The Kier molecular flexibility index (Phi) is 5.58. The number of hydrogen-bond acceptors (Lipinski definition) is 5. The Labute approximate surface area is 160 Å². The van der Waals surface area contributed by atoms with Gasteiger partial charge in [0, 0.05) is 34.5 Å². The molecule has 1 aliphatic rings. The molecule has 0 saturated heterocycles. The van der Waals surface area contributed by atoms with E-state index in [1.807, 2.05) is 24.3 Å². The Morgan fingerprint density at radius 2 is 2.15 bits per heavy atom. The van der Waals surface area contributed by atoms with E-state index in [1.165, 1.54) is 17.8 Å². The first-order valence-electron chi connectivity index (χ1n) is 7.94. The molecule has 0 aliphatic carbocycles. The molecule has 0 saturated carbocycles. The monoisotopic (exact) mass is 389 g/mol. The van der Waals surface area contributed by atoms with Gasteiger partial charge in [0.1, 0.15) is 0 Å². The molecule has 0 N–H and O–H groups in total. The summed E-state index contributed by atoms with van der Waals surface area (Å²) in [6.07, 6.45) is 0. The number of nitro benzene ring substituents is 1. The summed E-state index contributed by atoms with van der Waals surface area (Å²) in [6, 6.07) is 12.1. The lowest BCUT2D eigenvalue weighted by Crippen LogP contribution is -2.32. The lowest BCUT2D eigenvalue weighted by molar-refractivity contribution is -0.385. The summed E-state index contributed by atoms with van der Waals surface area (Å²) in [7, 11) is 0. The molecular formula is C18H16ClN3O3S. The number of carbonyl (C=O) groups is 1. The van der Waals surface area contributed by atoms with Gasteiger partial charge in [0.2, 0.25) is 0 Å². The molecule has 0 unspecified atom stereocenters. The van der Waals surface area contributed by atoms with Gasteiger partial charge in [-0.1, -0.05) is 41.6 Å². The first kappa shape index (κ1) is 18.4. The highest BCUT2D eigenvalue weighted by atomic mass is 35.5. The minimum atomic E-state index is -0.473. The summed E-state index contributed by atoms with van der Waals surface area (Å²) in [5, 5.41) is 12.4. The Hall–Kier alpha value is -2.38. The number of nitrogens with zero attached hydrogens (tertiary/aromatic N) is 3. The smallest absolute Gasteiger partial charge is 0.273 e. The Balaban J connectivity index is 1.74. The minimum absolute atomic E-state index is 0.0554. The number of hydrogen-bond donors (Lipinski definition) is 0. The highest BCUT2D eigenvalue weighted by molar-refractivity contribution is 8.13. The van der Waals surface area contributed by atoms with Gasteiger partial charge < -0.3 is 0 Å². The van der Waals surface area contributed by atoms with Crippen molar-refractivity contribution in [1.82, 2.24) is 4.90 Å². The van der Waals surface area contributed by atoms with E-state index in [0.717, 1.165) is 5.56 Å². The standard InChI is InChI=1S/C18H16ClN3O3S/c1-12-5-6-14(10-16(12)22(24)25)17(23)21-8-7-20-18(21)26-11-13-3-2-4-15(19)9-13/h2-6,9-10H,7-8,11H2,1H3. The predicted octanol–water partition coefficient (Wildman–Crippen LogP) is 4.30. The Bertz CT molecular complexity index is 901. The van der Waals surface area contributed by atoms with Crippen molar-refractivity contribution in [3.05, 3.63) is 74.3 Å². The summed E-state index contributed by atoms with van der Waals surface area (Å²) in [5.41, 5.74) is 1.80. The second kappa shape index (κ2) is 7.88. The molecule has 0 atom stereocenters. The average Bonchev–Trinajstić information content (AvgIpc) is 3.08. The molecule has 6 nitrogen and oxygen atoms in total. The molecule has 2 aromatic carbocycles. The largest absolute Gasteiger partial charge is 0.286 e. The van der Waals surface area contributed by atoms with Crippen LogP contribution in [0.5, 0.6) is 0 Å². The lowest BCUT2D eigenvalue weighted by Gasteiger charge is -2.18. The van der Waals surface area contributed by atoms with Gasteiger partial charge in [-0.05, 0) is 30.7 Å². The SMILES string of the molecule is Cc1ccc(C(=O)N2CCN=C2SCc2cccc(Cl)c2)cc1[N+](=O)[O-]. The van der Waals surface area contributed by atoms with Crippen molar-refractivity contribution in [2.75, 3.05) is 13.1 Å². The van der Waals surface area contributed by atoms with Gasteiger partial charge in [-0.3, -0.25) is 24.8 Å². The lowest BCUT2D eigenvalue weighted by atomic mass is 10.1. The fraction of sp³-hybridized carbons (Fsp3) is 0.222. The third kappa shape index (κ3) is 4.05. The molecule has 3 rings (SSSR count). The average molecular weight is 390 g/mol. The summed E-state index contributed by atoms with van der Waals surface area (Å²) < 4.78 is 0. The molecule has 0 bridgehead atoms. The van der Waals surface area contributed by atoms with Crippen molar-refractivity contribution in [1.29, 1.82) is 0 Å². The second-order valence-corrected chi connectivity index (χ2v) is 7.18. The number of benzene rings is 2. The zero-order valence-electron chi connectivity index (χ0n) is 14.0. The van der Waals surface area contributed by atoms with Crippen molar-refractivity contribution in [2.45, 2.75) is 12.7 Å². The van der Waals surface area contributed by atoms with Gasteiger partial charge in [0.15, 0.2) is 5.17 Å². The van der Waals surface area contributed by atoms with Gasteiger partial charge in [-0.2, -0.15) is 0 Å². The van der Waals surface area contributed by atoms with E-state index in [9.17, 15) is 14.9 Å². The molecule has 26 heavy (non-hydrogen) atoms. The van der Waals surface area contributed by atoms with Crippen molar-refractivity contribution in [3.63, 3.8) is 0 Å². The van der Waals surface area contributed by atoms with Crippen LogP contribution in [0, 0.1) is 17.0 Å². The summed E-state index contributed by atoms with van der Waals surface area (Å²) in [4.78, 5) is 29.4. The van der Waals surface area contributed by atoms with E-state index in [1.54, 1.807) is 24.0 Å². The highest BCUT2D eigenvalue weighted by Crippen LogP contribution is 2.25. The van der Waals surface area contributed by atoms with Crippen molar-refractivity contribution in [3.8, 4) is 0 Å². The number of amidine groups is 1. The number of aliphatic imine (C=N–C) groups is 1. The topological polar surface area (TPSA) is 75.8 Å². The van der Waals surface area contributed by atoms with Gasteiger partial charge in [0.05, 0.1) is 11.5 Å². The molecule has 134 valence electrons. The molecule has 1 aliphatic heterocycles. The first-order valence-corrected chi connectivity index (χ1v) is 9.30. The fourth-order valence-corrected chi connectivity index (χ4v) is 3.81. The number of carbonyl (C=O) groups excluding carboxylic acids is 1. The number of halogens is 1. The molecule has 0 aromatic heterocycles. The Morgan fingerprint density at radius 1 is 1.35 bits per heavy atom. The van der Waals surface area contributed by atoms with Crippen LogP contribution in [0.1, 0.15) is 21.5 Å². The summed E-state index contributed by atoms with van der Waals surface area (Å²) >= 11 is 7.45. The second-order valence-electron chi connectivity index (χ2n) is 5.80. The van der Waals surface area contributed by atoms with Crippen LogP contribution >= 0.6 is 23.4 Å². The summed E-state index contributed by atoms with van der Waals surface area (Å²) in [5.74, 6) is 0.361. The molecule has 8 heteroatoms. The van der Waals surface area contributed by atoms with E-state index < -0.39 is 4.92 Å². The van der Waals surface area contributed by atoms with Crippen molar-refractivity contribution >= 4 is 40.1 Å².